The molecule has 0 fully saturated rings. The molecule has 0 unspecified atom stereocenters. The van der Waals surface area contributed by atoms with Crippen molar-refractivity contribution in [3.05, 3.63) is 70.2 Å². The molecule has 7 nitrogen and oxygen atoms in total. The number of imidazole rings is 1. The van der Waals surface area contributed by atoms with Gasteiger partial charge < -0.3 is 0 Å². The Morgan fingerprint density at radius 1 is 1.00 bits per heavy atom. The predicted octanol–water partition coefficient (Wildman–Crippen LogP) is 4.93. The lowest BCUT2D eigenvalue weighted by Gasteiger charge is -2.12. The van der Waals surface area contributed by atoms with Crippen molar-refractivity contribution in [1.29, 1.82) is 5.26 Å². The maximum Gasteiger partial charge on any atom is 0.214 e. The number of hydrogen-bond acceptors (Lipinski definition) is 5. The lowest BCUT2D eigenvalue weighted by molar-refractivity contribution is 0.922. The number of aromatic amines is 1. The van der Waals surface area contributed by atoms with Gasteiger partial charge >= 0.3 is 0 Å². The SMILES string of the molecule is N#Cc1c(-c2ccc(Cl)cc2)c2c3nc(=S)[nH]n3cnc2n2c1nc1ccccc12. The van der Waals surface area contributed by atoms with E-state index < -0.39 is 0 Å². The number of aromatic nitrogens is 6. The van der Waals surface area contributed by atoms with Crippen molar-refractivity contribution >= 4 is 57.2 Å². The number of halogens is 1. The molecule has 142 valence electrons. The Balaban J connectivity index is 1.97. The van der Waals surface area contributed by atoms with Crippen molar-refractivity contribution in [2.75, 3.05) is 0 Å². The summed E-state index contributed by atoms with van der Waals surface area (Å²) in [5.74, 6) is 0. The van der Waals surface area contributed by atoms with Gasteiger partial charge in [0, 0.05) is 10.6 Å². The van der Waals surface area contributed by atoms with Gasteiger partial charge in [0.2, 0.25) is 4.77 Å². The third kappa shape index (κ3) is 2.24. The fraction of sp³-hybridized carbons (Fsp3) is 0. The molecule has 0 saturated carbocycles. The molecule has 6 aromatic rings. The molecule has 6 rings (SSSR count). The molecule has 0 bridgehead atoms. The third-order valence-electron chi connectivity index (χ3n) is 5.14. The molecular formula is C21H10ClN7S. The van der Waals surface area contributed by atoms with Crippen LogP contribution in [0.15, 0.2) is 54.9 Å². The molecule has 0 spiro atoms. The Labute approximate surface area is 178 Å². The highest BCUT2D eigenvalue weighted by molar-refractivity contribution is 7.71. The molecule has 1 N–H and O–H groups in total. The summed E-state index contributed by atoms with van der Waals surface area (Å²) >= 11 is 11.4. The van der Waals surface area contributed by atoms with Crippen LogP contribution in [0.2, 0.25) is 5.02 Å². The largest absolute Gasteiger partial charge is 0.275 e. The van der Waals surface area contributed by atoms with Crippen molar-refractivity contribution < 1.29 is 0 Å². The van der Waals surface area contributed by atoms with E-state index in [0.29, 0.717) is 43.2 Å². The first-order chi connectivity index (χ1) is 14.7. The Hall–Kier alpha value is -3.80. The molecule has 4 heterocycles. The maximum absolute atomic E-state index is 10.2. The van der Waals surface area contributed by atoms with E-state index >= 15 is 0 Å². The number of H-pyrrole nitrogens is 1. The third-order valence-corrected chi connectivity index (χ3v) is 5.57. The minimum absolute atomic E-state index is 0.334. The van der Waals surface area contributed by atoms with E-state index in [1.807, 2.05) is 40.8 Å². The Kier molecular flexibility index (Phi) is 3.47. The second kappa shape index (κ2) is 6.10. The normalized spacial score (nSPS) is 11.6. The van der Waals surface area contributed by atoms with Gasteiger partial charge in [0.15, 0.2) is 16.9 Å². The molecule has 0 saturated heterocycles. The van der Waals surface area contributed by atoms with Crippen LogP contribution in [0.3, 0.4) is 0 Å². The standard InChI is InChI=1S/C21H10ClN7S/c22-12-7-5-11(6-8-12)16-13(9-23)18-25-14-3-1-2-4-15(14)29(18)19-17(16)20-26-21(30)27-28(20)10-24-19/h1-8,10H,(H,27,30). The average Bonchev–Trinajstić information content (AvgIpc) is 3.33. The van der Waals surface area contributed by atoms with Crippen LogP contribution in [0.1, 0.15) is 5.56 Å². The Bertz CT molecular complexity index is 1740. The lowest BCUT2D eigenvalue weighted by atomic mass is 9.98. The summed E-state index contributed by atoms with van der Waals surface area (Å²) in [6.45, 7) is 0. The highest BCUT2D eigenvalue weighted by atomic mass is 35.5. The average molecular weight is 428 g/mol. The van der Waals surface area contributed by atoms with Crippen LogP contribution in [-0.2, 0) is 0 Å². The van der Waals surface area contributed by atoms with Gasteiger partial charge in [-0.05, 0) is 42.0 Å². The van der Waals surface area contributed by atoms with Gasteiger partial charge in [0.1, 0.15) is 18.0 Å². The van der Waals surface area contributed by atoms with Gasteiger partial charge in [-0.2, -0.15) is 10.2 Å². The summed E-state index contributed by atoms with van der Waals surface area (Å²) in [6, 6.07) is 17.4. The van der Waals surface area contributed by atoms with Gasteiger partial charge in [-0.1, -0.05) is 35.9 Å². The highest BCUT2D eigenvalue weighted by Gasteiger charge is 2.23. The van der Waals surface area contributed by atoms with Crippen LogP contribution < -0.4 is 0 Å². The number of fused-ring (bicyclic) bond motifs is 7. The molecule has 0 amide bonds. The highest BCUT2D eigenvalue weighted by Crippen LogP contribution is 2.37. The predicted molar refractivity (Wildman–Crippen MR) is 117 cm³/mol. The molecule has 0 atom stereocenters. The minimum Gasteiger partial charge on any atom is -0.275 e. The van der Waals surface area contributed by atoms with Crippen molar-refractivity contribution in [1.82, 2.24) is 29.0 Å². The summed E-state index contributed by atoms with van der Waals surface area (Å²) in [4.78, 5) is 13.9. The van der Waals surface area contributed by atoms with E-state index in [1.54, 1.807) is 23.0 Å². The van der Waals surface area contributed by atoms with Crippen LogP contribution in [0.25, 0.3) is 44.5 Å². The number of benzene rings is 2. The van der Waals surface area contributed by atoms with Crippen LogP contribution in [0, 0.1) is 16.1 Å². The molecule has 4 aromatic heterocycles. The summed E-state index contributed by atoms with van der Waals surface area (Å²) in [7, 11) is 0. The van der Waals surface area contributed by atoms with E-state index in [2.05, 4.69) is 21.1 Å². The zero-order valence-corrected chi connectivity index (χ0v) is 16.7. The van der Waals surface area contributed by atoms with E-state index in [9.17, 15) is 5.26 Å². The lowest BCUT2D eigenvalue weighted by Crippen LogP contribution is -2.02. The Morgan fingerprint density at radius 3 is 2.60 bits per heavy atom. The molecule has 0 aliphatic rings. The molecule has 0 radical (unpaired) electrons. The maximum atomic E-state index is 10.2. The van der Waals surface area contributed by atoms with Crippen molar-refractivity contribution in [3.8, 4) is 17.2 Å². The second-order valence-corrected chi connectivity index (χ2v) is 7.62. The molecule has 0 aliphatic carbocycles. The molecule has 2 aromatic carbocycles. The van der Waals surface area contributed by atoms with Gasteiger partial charge in [-0.25, -0.2) is 14.5 Å². The van der Waals surface area contributed by atoms with Crippen LogP contribution in [0.4, 0.5) is 0 Å². The van der Waals surface area contributed by atoms with E-state index in [4.69, 9.17) is 28.8 Å². The Morgan fingerprint density at radius 2 is 1.80 bits per heavy atom. The van der Waals surface area contributed by atoms with Crippen molar-refractivity contribution in [2.45, 2.75) is 0 Å². The zero-order chi connectivity index (χ0) is 20.4. The topological polar surface area (TPSA) is 87.1 Å². The van der Waals surface area contributed by atoms with Crippen LogP contribution in [-0.4, -0.2) is 29.0 Å². The van der Waals surface area contributed by atoms with Crippen LogP contribution in [0.5, 0.6) is 0 Å². The summed E-state index contributed by atoms with van der Waals surface area (Å²) < 4.78 is 3.90. The smallest absolute Gasteiger partial charge is 0.214 e. The van der Waals surface area contributed by atoms with Gasteiger partial charge in [-0.3, -0.25) is 9.50 Å². The number of rotatable bonds is 1. The van der Waals surface area contributed by atoms with Gasteiger partial charge in [0.05, 0.1) is 16.4 Å². The molecule has 9 heteroatoms. The summed E-state index contributed by atoms with van der Waals surface area (Å²) in [6.07, 6.45) is 1.63. The number of nitrogens with zero attached hydrogens (tertiary/aromatic N) is 6. The first-order valence-corrected chi connectivity index (χ1v) is 9.80. The number of para-hydroxylation sites is 2. The zero-order valence-electron chi connectivity index (χ0n) is 15.2. The fourth-order valence-corrected chi connectivity index (χ4v) is 4.23. The number of nitriles is 1. The first kappa shape index (κ1) is 17.1. The van der Waals surface area contributed by atoms with Crippen molar-refractivity contribution in [3.63, 3.8) is 0 Å². The minimum atomic E-state index is 0.334. The quantitative estimate of drug-likeness (QED) is 0.376. The number of pyridine rings is 1. The molecular weight excluding hydrogens is 418 g/mol. The second-order valence-electron chi connectivity index (χ2n) is 6.79. The van der Waals surface area contributed by atoms with Crippen molar-refractivity contribution in [2.24, 2.45) is 0 Å². The van der Waals surface area contributed by atoms with E-state index in [1.165, 1.54) is 0 Å². The van der Waals surface area contributed by atoms with Gasteiger partial charge in [-0.15, -0.1) is 0 Å². The fourth-order valence-electron chi connectivity index (χ4n) is 3.92. The van der Waals surface area contributed by atoms with Crippen LogP contribution >= 0.6 is 23.8 Å². The first-order valence-electron chi connectivity index (χ1n) is 9.02. The summed E-state index contributed by atoms with van der Waals surface area (Å²) in [5.41, 5.74) is 5.37. The molecule has 0 aliphatic heterocycles. The molecule has 30 heavy (non-hydrogen) atoms. The van der Waals surface area contributed by atoms with Gasteiger partial charge in [0.25, 0.3) is 0 Å². The summed E-state index contributed by atoms with van der Waals surface area (Å²) in [5, 5.41) is 14.5. The van der Waals surface area contributed by atoms with E-state index in [-0.39, 0.29) is 0 Å². The number of nitrogens with one attached hydrogen (secondary N) is 1. The monoisotopic (exact) mass is 427 g/mol. The number of hydrogen-bond donors (Lipinski definition) is 1. The van der Waals surface area contributed by atoms with E-state index in [0.717, 1.165) is 16.6 Å².